The van der Waals surface area contributed by atoms with Gasteiger partial charge in [0.1, 0.15) is 5.75 Å². The van der Waals surface area contributed by atoms with Crippen molar-refractivity contribution in [2.24, 2.45) is 0 Å². The van der Waals surface area contributed by atoms with Crippen LogP contribution >= 0.6 is 0 Å². The van der Waals surface area contributed by atoms with Gasteiger partial charge in [-0.1, -0.05) is 18.2 Å². The first kappa shape index (κ1) is 17.2. The highest BCUT2D eigenvalue weighted by molar-refractivity contribution is 5.42. The quantitative estimate of drug-likeness (QED) is 0.747. The molecule has 0 saturated heterocycles. The molecule has 0 aliphatic carbocycles. The third kappa shape index (κ3) is 4.89. The van der Waals surface area contributed by atoms with Crippen LogP contribution in [0.25, 0.3) is 0 Å². The van der Waals surface area contributed by atoms with Crippen LogP contribution in [0.15, 0.2) is 42.5 Å². The van der Waals surface area contributed by atoms with Gasteiger partial charge in [-0.05, 0) is 48.9 Å². The molecule has 0 aliphatic rings. The first-order chi connectivity index (χ1) is 11.2. The summed E-state index contributed by atoms with van der Waals surface area (Å²) < 4.78 is 15.8. The fraction of sp³-hybridized carbons (Fsp3) is 0.368. The zero-order valence-electron chi connectivity index (χ0n) is 14.3. The number of hydrogen-bond donors (Lipinski definition) is 0. The lowest BCUT2D eigenvalue weighted by molar-refractivity contribution is 0.327. The Kier molecular flexibility index (Phi) is 6.29. The number of hydrogen-bond acceptors (Lipinski definition) is 4. The molecular weight excluding hydrogens is 290 g/mol. The molecule has 0 aromatic heterocycles. The molecule has 4 heteroatoms. The SMILES string of the molecule is COc1ccc(CCN(C)Cc2ccc(OC)c(OC)c2)cc1. The second-order valence-electron chi connectivity index (χ2n) is 5.53. The van der Waals surface area contributed by atoms with Crippen LogP contribution in [0.5, 0.6) is 17.2 Å². The van der Waals surface area contributed by atoms with Crippen molar-refractivity contribution >= 4 is 0 Å². The highest BCUT2D eigenvalue weighted by Crippen LogP contribution is 2.27. The molecule has 0 saturated carbocycles. The van der Waals surface area contributed by atoms with Gasteiger partial charge in [0.25, 0.3) is 0 Å². The Morgan fingerprint density at radius 3 is 2.04 bits per heavy atom. The van der Waals surface area contributed by atoms with Crippen molar-refractivity contribution in [1.82, 2.24) is 4.90 Å². The van der Waals surface area contributed by atoms with Crippen LogP contribution in [0.2, 0.25) is 0 Å². The lowest BCUT2D eigenvalue weighted by Gasteiger charge is -2.18. The maximum absolute atomic E-state index is 5.35. The first-order valence-corrected chi connectivity index (χ1v) is 7.68. The van der Waals surface area contributed by atoms with Gasteiger partial charge in [-0.3, -0.25) is 0 Å². The highest BCUT2D eigenvalue weighted by Gasteiger charge is 2.07. The van der Waals surface area contributed by atoms with E-state index in [2.05, 4.69) is 30.1 Å². The Hall–Kier alpha value is -2.20. The Labute approximate surface area is 138 Å². The van der Waals surface area contributed by atoms with Gasteiger partial charge in [-0.25, -0.2) is 0 Å². The molecule has 2 rings (SSSR count). The molecule has 0 aliphatic heterocycles. The normalized spacial score (nSPS) is 10.7. The second-order valence-corrected chi connectivity index (χ2v) is 5.53. The first-order valence-electron chi connectivity index (χ1n) is 7.68. The molecule has 4 nitrogen and oxygen atoms in total. The molecule has 0 N–H and O–H groups in total. The molecule has 0 bridgehead atoms. The molecular formula is C19H25NO3. The van der Waals surface area contributed by atoms with Crippen LogP contribution in [0.1, 0.15) is 11.1 Å². The molecule has 0 amide bonds. The monoisotopic (exact) mass is 315 g/mol. The van der Waals surface area contributed by atoms with Crippen molar-refractivity contribution in [1.29, 1.82) is 0 Å². The number of likely N-dealkylation sites (N-methyl/N-ethyl adjacent to an activating group) is 1. The standard InChI is InChI=1S/C19H25NO3/c1-20(12-11-15-5-8-17(21-2)9-6-15)14-16-7-10-18(22-3)19(13-16)23-4/h5-10,13H,11-12,14H2,1-4H3. The minimum atomic E-state index is 0.761. The Morgan fingerprint density at radius 1 is 0.783 bits per heavy atom. The van der Waals surface area contributed by atoms with Gasteiger partial charge in [-0.2, -0.15) is 0 Å². The fourth-order valence-corrected chi connectivity index (χ4v) is 2.48. The Morgan fingerprint density at radius 2 is 1.43 bits per heavy atom. The summed E-state index contributed by atoms with van der Waals surface area (Å²) in [6.07, 6.45) is 1.01. The van der Waals surface area contributed by atoms with Crippen molar-refractivity contribution in [3.05, 3.63) is 53.6 Å². The average Bonchev–Trinajstić information content (AvgIpc) is 2.60. The number of methoxy groups -OCH3 is 3. The molecule has 0 fully saturated rings. The number of benzene rings is 2. The summed E-state index contributed by atoms with van der Waals surface area (Å²) in [5.41, 5.74) is 2.52. The summed E-state index contributed by atoms with van der Waals surface area (Å²) in [7, 11) is 7.12. The van der Waals surface area contributed by atoms with Crippen LogP contribution in [0, 0.1) is 0 Å². The van der Waals surface area contributed by atoms with Crippen LogP contribution in [0.3, 0.4) is 0 Å². The summed E-state index contributed by atoms with van der Waals surface area (Å²) in [6.45, 7) is 1.86. The molecule has 124 valence electrons. The molecule has 0 unspecified atom stereocenters. The van der Waals surface area contributed by atoms with E-state index < -0.39 is 0 Å². The van der Waals surface area contributed by atoms with Crippen LogP contribution in [0.4, 0.5) is 0 Å². The summed E-state index contributed by atoms with van der Waals surface area (Å²) in [4.78, 5) is 2.30. The summed E-state index contributed by atoms with van der Waals surface area (Å²) in [5, 5.41) is 0. The maximum Gasteiger partial charge on any atom is 0.161 e. The predicted molar refractivity (Wildman–Crippen MR) is 92.6 cm³/mol. The zero-order valence-corrected chi connectivity index (χ0v) is 14.3. The summed E-state index contributed by atoms with van der Waals surface area (Å²) >= 11 is 0. The largest absolute Gasteiger partial charge is 0.497 e. The van der Waals surface area contributed by atoms with Gasteiger partial charge in [0, 0.05) is 13.1 Å². The number of ether oxygens (including phenoxy) is 3. The van der Waals surface area contributed by atoms with E-state index in [1.807, 2.05) is 24.3 Å². The lowest BCUT2D eigenvalue weighted by atomic mass is 10.1. The van der Waals surface area contributed by atoms with E-state index in [-0.39, 0.29) is 0 Å². The van der Waals surface area contributed by atoms with Crippen molar-refractivity contribution in [2.45, 2.75) is 13.0 Å². The topological polar surface area (TPSA) is 30.9 Å². The van der Waals surface area contributed by atoms with Crippen molar-refractivity contribution in [3.63, 3.8) is 0 Å². The van der Waals surface area contributed by atoms with E-state index in [1.54, 1.807) is 21.3 Å². The minimum Gasteiger partial charge on any atom is -0.497 e. The van der Waals surface area contributed by atoms with Crippen LogP contribution < -0.4 is 14.2 Å². The van der Waals surface area contributed by atoms with Gasteiger partial charge in [-0.15, -0.1) is 0 Å². The van der Waals surface area contributed by atoms with Gasteiger partial charge < -0.3 is 19.1 Å². The molecule has 0 atom stereocenters. The highest BCUT2D eigenvalue weighted by atomic mass is 16.5. The number of nitrogens with zero attached hydrogens (tertiary/aromatic N) is 1. The molecule has 0 radical (unpaired) electrons. The molecule has 2 aromatic rings. The molecule has 0 heterocycles. The van der Waals surface area contributed by atoms with Gasteiger partial charge >= 0.3 is 0 Å². The summed E-state index contributed by atoms with van der Waals surface area (Å²) in [5.74, 6) is 2.43. The van der Waals surface area contributed by atoms with Crippen LogP contribution in [-0.4, -0.2) is 39.8 Å². The van der Waals surface area contributed by atoms with Crippen LogP contribution in [-0.2, 0) is 13.0 Å². The molecule has 2 aromatic carbocycles. The van der Waals surface area contributed by atoms with E-state index in [9.17, 15) is 0 Å². The molecule has 23 heavy (non-hydrogen) atoms. The third-order valence-electron chi connectivity index (χ3n) is 3.84. The summed E-state index contributed by atoms with van der Waals surface area (Å²) in [6, 6.07) is 14.3. The smallest absolute Gasteiger partial charge is 0.161 e. The van der Waals surface area contributed by atoms with E-state index in [0.717, 1.165) is 36.8 Å². The van der Waals surface area contributed by atoms with Crippen molar-refractivity contribution < 1.29 is 14.2 Å². The molecule has 0 spiro atoms. The Balaban J connectivity index is 1.89. The third-order valence-corrected chi connectivity index (χ3v) is 3.84. The van der Waals surface area contributed by atoms with E-state index >= 15 is 0 Å². The lowest BCUT2D eigenvalue weighted by Crippen LogP contribution is -2.20. The predicted octanol–water partition coefficient (Wildman–Crippen LogP) is 3.39. The van der Waals surface area contributed by atoms with Gasteiger partial charge in [0.2, 0.25) is 0 Å². The number of rotatable bonds is 8. The fourth-order valence-electron chi connectivity index (χ4n) is 2.48. The average molecular weight is 315 g/mol. The van der Waals surface area contributed by atoms with Gasteiger partial charge in [0.15, 0.2) is 11.5 Å². The minimum absolute atomic E-state index is 0.761. The maximum atomic E-state index is 5.35. The Bertz CT molecular complexity index is 611. The zero-order chi connectivity index (χ0) is 16.7. The van der Waals surface area contributed by atoms with Gasteiger partial charge in [0.05, 0.1) is 21.3 Å². The van der Waals surface area contributed by atoms with E-state index in [1.165, 1.54) is 11.1 Å². The second kappa shape index (κ2) is 8.44. The van der Waals surface area contributed by atoms with E-state index in [4.69, 9.17) is 14.2 Å². The van der Waals surface area contributed by atoms with E-state index in [0.29, 0.717) is 0 Å². The van der Waals surface area contributed by atoms with Crippen molar-refractivity contribution in [2.75, 3.05) is 34.9 Å². The van der Waals surface area contributed by atoms with Crippen molar-refractivity contribution in [3.8, 4) is 17.2 Å².